The third-order valence-electron chi connectivity index (χ3n) is 2.19. The van der Waals surface area contributed by atoms with Crippen LogP contribution in [0.3, 0.4) is 0 Å². The van der Waals surface area contributed by atoms with E-state index in [1.54, 1.807) is 0 Å². The van der Waals surface area contributed by atoms with Crippen molar-refractivity contribution in [3.05, 3.63) is 0 Å². The van der Waals surface area contributed by atoms with Crippen LogP contribution in [0.1, 0.15) is 19.8 Å². The SMILES string of the molecule is CC1OCCC1NC(=O)CC(N)=NO. The molecule has 0 aromatic carbocycles. The van der Waals surface area contributed by atoms with Gasteiger partial charge in [-0.1, -0.05) is 5.16 Å². The monoisotopic (exact) mass is 201 g/mol. The number of nitrogens with zero attached hydrogens (tertiary/aromatic N) is 1. The molecule has 0 bridgehead atoms. The smallest absolute Gasteiger partial charge is 0.228 e. The molecule has 0 aliphatic carbocycles. The molecule has 1 fully saturated rings. The van der Waals surface area contributed by atoms with E-state index < -0.39 is 0 Å². The minimum absolute atomic E-state index is 0.0336. The minimum atomic E-state index is -0.248. The van der Waals surface area contributed by atoms with Crippen molar-refractivity contribution in [3.8, 4) is 0 Å². The molecule has 80 valence electrons. The lowest BCUT2D eigenvalue weighted by Crippen LogP contribution is -2.40. The number of hydrogen-bond acceptors (Lipinski definition) is 4. The molecule has 0 spiro atoms. The Hall–Kier alpha value is -1.30. The predicted octanol–water partition coefficient (Wildman–Crippen LogP) is -0.583. The zero-order valence-corrected chi connectivity index (χ0v) is 8.06. The van der Waals surface area contributed by atoms with Gasteiger partial charge in [-0.2, -0.15) is 0 Å². The normalized spacial score (nSPS) is 27.6. The third-order valence-corrected chi connectivity index (χ3v) is 2.19. The van der Waals surface area contributed by atoms with E-state index in [4.69, 9.17) is 15.7 Å². The Morgan fingerprint density at radius 2 is 2.50 bits per heavy atom. The molecule has 1 amide bonds. The quantitative estimate of drug-likeness (QED) is 0.246. The van der Waals surface area contributed by atoms with Gasteiger partial charge in [0.25, 0.3) is 0 Å². The molecule has 0 radical (unpaired) electrons. The number of hydrogen-bond donors (Lipinski definition) is 3. The molecule has 1 heterocycles. The second-order valence-corrected chi connectivity index (χ2v) is 3.31. The first kappa shape index (κ1) is 10.8. The van der Waals surface area contributed by atoms with Crippen LogP contribution in [0.4, 0.5) is 0 Å². The summed E-state index contributed by atoms with van der Waals surface area (Å²) in [6, 6.07) is 0.0361. The van der Waals surface area contributed by atoms with Crippen molar-refractivity contribution in [3.63, 3.8) is 0 Å². The number of ether oxygens (including phenoxy) is 1. The van der Waals surface area contributed by atoms with Gasteiger partial charge in [0.2, 0.25) is 5.91 Å². The summed E-state index contributed by atoms with van der Waals surface area (Å²) < 4.78 is 5.27. The standard InChI is InChI=1S/C8H15N3O3/c1-5-6(2-3-14-5)10-8(12)4-7(9)11-13/h5-6,13H,2-4H2,1H3,(H2,9,11)(H,10,12). The molecule has 2 unspecified atom stereocenters. The lowest BCUT2D eigenvalue weighted by atomic mass is 10.1. The summed E-state index contributed by atoms with van der Waals surface area (Å²) in [5, 5.41) is 13.7. The second kappa shape index (κ2) is 4.80. The van der Waals surface area contributed by atoms with Crippen molar-refractivity contribution in [2.45, 2.75) is 31.9 Å². The van der Waals surface area contributed by atoms with E-state index in [9.17, 15) is 4.79 Å². The van der Waals surface area contributed by atoms with Crippen molar-refractivity contribution in [2.75, 3.05) is 6.61 Å². The maximum Gasteiger partial charge on any atom is 0.228 e. The summed E-state index contributed by atoms with van der Waals surface area (Å²) in [4.78, 5) is 11.3. The molecule has 2 atom stereocenters. The van der Waals surface area contributed by atoms with Gasteiger partial charge in [-0.25, -0.2) is 0 Å². The molecule has 1 aliphatic heterocycles. The van der Waals surface area contributed by atoms with Crippen molar-refractivity contribution in [1.82, 2.24) is 5.32 Å². The summed E-state index contributed by atoms with van der Waals surface area (Å²) in [6.45, 7) is 2.57. The van der Waals surface area contributed by atoms with Gasteiger partial charge in [0.05, 0.1) is 18.6 Å². The van der Waals surface area contributed by atoms with Crippen LogP contribution in [-0.4, -0.2) is 35.7 Å². The Labute approximate surface area is 82.1 Å². The highest BCUT2D eigenvalue weighted by atomic mass is 16.5. The number of amides is 1. The predicted molar refractivity (Wildman–Crippen MR) is 50.0 cm³/mol. The number of carbonyl (C=O) groups is 1. The second-order valence-electron chi connectivity index (χ2n) is 3.31. The van der Waals surface area contributed by atoms with Gasteiger partial charge in [0.1, 0.15) is 5.84 Å². The Morgan fingerprint density at radius 3 is 3.00 bits per heavy atom. The Bertz CT molecular complexity index is 242. The van der Waals surface area contributed by atoms with Gasteiger partial charge in [0.15, 0.2) is 0 Å². The first-order chi connectivity index (χ1) is 6.63. The number of nitrogens with two attached hydrogens (primary N) is 1. The molecular formula is C8H15N3O3. The van der Waals surface area contributed by atoms with Crippen LogP contribution in [0.5, 0.6) is 0 Å². The molecular weight excluding hydrogens is 186 g/mol. The summed E-state index contributed by atoms with van der Waals surface area (Å²) >= 11 is 0. The van der Waals surface area contributed by atoms with Gasteiger partial charge >= 0.3 is 0 Å². The van der Waals surface area contributed by atoms with E-state index in [0.717, 1.165) is 6.42 Å². The summed E-state index contributed by atoms with van der Waals surface area (Å²) in [5.41, 5.74) is 5.19. The van der Waals surface area contributed by atoms with Crippen LogP contribution in [0.25, 0.3) is 0 Å². The molecule has 0 saturated carbocycles. The molecule has 14 heavy (non-hydrogen) atoms. The molecule has 1 saturated heterocycles. The fraction of sp³-hybridized carbons (Fsp3) is 0.750. The molecule has 6 nitrogen and oxygen atoms in total. The Kier molecular flexibility index (Phi) is 3.70. The average Bonchev–Trinajstić information content (AvgIpc) is 2.51. The van der Waals surface area contributed by atoms with Crippen LogP contribution < -0.4 is 11.1 Å². The van der Waals surface area contributed by atoms with E-state index in [2.05, 4.69) is 10.5 Å². The maximum atomic E-state index is 11.3. The summed E-state index contributed by atoms with van der Waals surface area (Å²) in [7, 11) is 0. The Morgan fingerprint density at radius 1 is 1.79 bits per heavy atom. The molecule has 1 rings (SSSR count). The van der Waals surface area contributed by atoms with Gasteiger partial charge in [0, 0.05) is 6.61 Å². The highest BCUT2D eigenvalue weighted by Gasteiger charge is 2.25. The van der Waals surface area contributed by atoms with Crippen LogP contribution in [-0.2, 0) is 9.53 Å². The van der Waals surface area contributed by atoms with Crippen LogP contribution in [0, 0.1) is 0 Å². The molecule has 1 aliphatic rings. The largest absolute Gasteiger partial charge is 0.409 e. The number of nitrogens with one attached hydrogen (secondary N) is 1. The highest BCUT2D eigenvalue weighted by Crippen LogP contribution is 2.12. The summed E-state index contributed by atoms with van der Waals surface area (Å²) in [5.74, 6) is -0.336. The van der Waals surface area contributed by atoms with Crippen molar-refractivity contribution in [1.29, 1.82) is 0 Å². The zero-order chi connectivity index (χ0) is 10.6. The number of amidine groups is 1. The van der Waals surface area contributed by atoms with Gasteiger partial charge in [-0.3, -0.25) is 4.79 Å². The van der Waals surface area contributed by atoms with E-state index in [0.29, 0.717) is 6.61 Å². The number of carbonyl (C=O) groups excluding carboxylic acids is 1. The highest BCUT2D eigenvalue weighted by molar-refractivity contribution is 5.98. The van der Waals surface area contributed by atoms with E-state index in [1.807, 2.05) is 6.92 Å². The van der Waals surface area contributed by atoms with Crippen molar-refractivity contribution in [2.24, 2.45) is 10.9 Å². The molecule has 6 heteroatoms. The van der Waals surface area contributed by atoms with E-state index in [-0.39, 0.29) is 30.3 Å². The minimum Gasteiger partial charge on any atom is -0.409 e. The Balaban J connectivity index is 2.33. The fourth-order valence-electron chi connectivity index (χ4n) is 1.38. The van der Waals surface area contributed by atoms with Gasteiger partial charge < -0.3 is 21.0 Å². The average molecular weight is 201 g/mol. The lowest BCUT2D eigenvalue weighted by Gasteiger charge is -2.15. The zero-order valence-electron chi connectivity index (χ0n) is 8.06. The maximum absolute atomic E-state index is 11.3. The van der Waals surface area contributed by atoms with Crippen molar-refractivity contribution >= 4 is 11.7 Å². The van der Waals surface area contributed by atoms with Crippen molar-refractivity contribution < 1.29 is 14.7 Å². The van der Waals surface area contributed by atoms with E-state index in [1.165, 1.54) is 0 Å². The first-order valence-corrected chi connectivity index (χ1v) is 4.51. The lowest BCUT2D eigenvalue weighted by molar-refractivity contribution is -0.121. The number of oxime groups is 1. The first-order valence-electron chi connectivity index (χ1n) is 4.51. The van der Waals surface area contributed by atoms with Crippen LogP contribution in [0.2, 0.25) is 0 Å². The molecule has 4 N–H and O–H groups in total. The van der Waals surface area contributed by atoms with Crippen LogP contribution in [0.15, 0.2) is 5.16 Å². The van der Waals surface area contributed by atoms with Gasteiger partial charge in [-0.05, 0) is 13.3 Å². The summed E-state index contributed by atoms with van der Waals surface area (Å²) in [6.07, 6.45) is 0.759. The van der Waals surface area contributed by atoms with Crippen LogP contribution >= 0.6 is 0 Å². The van der Waals surface area contributed by atoms with E-state index >= 15 is 0 Å². The third kappa shape index (κ3) is 2.88. The molecule has 0 aromatic rings. The molecule has 0 aromatic heterocycles. The number of rotatable bonds is 3. The fourth-order valence-corrected chi connectivity index (χ4v) is 1.38. The van der Waals surface area contributed by atoms with Gasteiger partial charge in [-0.15, -0.1) is 0 Å². The topological polar surface area (TPSA) is 96.9 Å².